The van der Waals surface area contributed by atoms with Crippen molar-refractivity contribution in [3.63, 3.8) is 0 Å². The van der Waals surface area contributed by atoms with Crippen molar-refractivity contribution in [1.82, 2.24) is 9.88 Å². The number of hydrogen-bond donors (Lipinski definition) is 0. The molecular formula is C19H24N2O3. The Kier molecular flexibility index (Phi) is 4.63. The van der Waals surface area contributed by atoms with Crippen LogP contribution in [0.4, 0.5) is 0 Å². The summed E-state index contributed by atoms with van der Waals surface area (Å²) in [7, 11) is 0. The number of carbonyl (C=O) groups is 1. The molecule has 1 aromatic heterocycles. The lowest BCUT2D eigenvalue weighted by atomic mass is 9.94. The number of ether oxygens (including phenoxy) is 2. The Labute approximate surface area is 142 Å². The molecule has 0 N–H and O–H groups in total. The molecule has 5 nitrogen and oxygen atoms in total. The van der Waals surface area contributed by atoms with E-state index in [9.17, 15) is 4.79 Å². The van der Waals surface area contributed by atoms with Crippen LogP contribution in [0.5, 0.6) is 0 Å². The van der Waals surface area contributed by atoms with E-state index in [0.29, 0.717) is 13.2 Å². The molecule has 0 radical (unpaired) electrons. The number of likely N-dealkylation sites (tertiary alicyclic amines) is 1. The number of hydrogen-bond acceptors (Lipinski definition) is 4. The Balaban J connectivity index is 1.41. The fourth-order valence-corrected chi connectivity index (χ4v) is 4.04. The van der Waals surface area contributed by atoms with Crippen molar-refractivity contribution in [3.8, 4) is 0 Å². The van der Waals surface area contributed by atoms with Crippen LogP contribution in [-0.2, 0) is 20.9 Å². The quantitative estimate of drug-likeness (QED) is 0.852. The maximum absolute atomic E-state index is 12.8. The van der Waals surface area contributed by atoms with Gasteiger partial charge in [-0.05, 0) is 44.2 Å². The Morgan fingerprint density at radius 2 is 2.33 bits per heavy atom. The second kappa shape index (κ2) is 7.03. The molecule has 0 unspecified atom stereocenters. The van der Waals surface area contributed by atoms with E-state index < -0.39 is 0 Å². The molecule has 3 atom stereocenters. The molecule has 2 aliphatic heterocycles. The number of piperidine rings is 1. The van der Waals surface area contributed by atoms with Crippen molar-refractivity contribution in [2.75, 3.05) is 13.2 Å². The highest BCUT2D eigenvalue weighted by molar-refractivity contribution is 5.94. The monoisotopic (exact) mass is 328 g/mol. The SMILES string of the molecule is O=C(C1=CCCC1)N1CC[C@@H](OCc2ccccn2)[C@H]2OCC[C@@H]21. The number of pyridine rings is 1. The van der Waals surface area contributed by atoms with Crippen LogP contribution in [0.1, 0.15) is 37.8 Å². The van der Waals surface area contributed by atoms with E-state index in [-0.39, 0.29) is 24.2 Å². The molecule has 0 spiro atoms. The van der Waals surface area contributed by atoms with Gasteiger partial charge in [0.2, 0.25) is 5.91 Å². The lowest BCUT2D eigenvalue weighted by Gasteiger charge is -2.41. The third-order valence-electron chi connectivity index (χ3n) is 5.27. The predicted octanol–water partition coefficient (Wildman–Crippen LogP) is 2.47. The molecule has 1 amide bonds. The Morgan fingerprint density at radius 1 is 1.38 bits per heavy atom. The molecule has 0 saturated carbocycles. The van der Waals surface area contributed by atoms with Gasteiger partial charge in [0.25, 0.3) is 0 Å². The standard InChI is InChI=1S/C19H24N2O3/c22-19(14-5-1-2-6-14)21-11-8-17(18-16(21)9-12-23-18)24-13-15-7-3-4-10-20-15/h3-5,7,10,16-18H,1-2,6,8-9,11-13H2/t16-,17+,18-/m0/s1. The zero-order chi connectivity index (χ0) is 16.4. The largest absolute Gasteiger partial charge is 0.373 e. The maximum Gasteiger partial charge on any atom is 0.249 e. The molecule has 128 valence electrons. The number of allylic oxidation sites excluding steroid dienone is 1. The van der Waals surface area contributed by atoms with Gasteiger partial charge in [-0.2, -0.15) is 0 Å². The zero-order valence-electron chi connectivity index (χ0n) is 13.9. The second-order valence-electron chi connectivity index (χ2n) is 6.77. The Bertz CT molecular complexity index is 616. The molecule has 4 rings (SSSR count). The molecule has 3 heterocycles. The lowest BCUT2D eigenvalue weighted by molar-refractivity contribution is -0.142. The van der Waals surface area contributed by atoms with Gasteiger partial charge in [0.15, 0.2) is 0 Å². The minimum Gasteiger partial charge on any atom is -0.373 e. The van der Waals surface area contributed by atoms with E-state index in [0.717, 1.165) is 49.9 Å². The van der Waals surface area contributed by atoms with E-state index in [2.05, 4.69) is 11.1 Å². The molecule has 0 aromatic carbocycles. The summed E-state index contributed by atoms with van der Waals surface area (Å²) >= 11 is 0. The van der Waals surface area contributed by atoms with E-state index in [1.165, 1.54) is 0 Å². The van der Waals surface area contributed by atoms with Crippen LogP contribution >= 0.6 is 0 Å². The highest BCUT2D eigenvalue weighted by Gasteiger charge is 2.45. The van der Waals surface area contributed by atoms with Gasteiger partial charge in [-0.1, -0.05) is 12.1 Å². The van der Waals surface area contributed by atoms with Crippen molar-refractivity contribution in [3.05, 3.63) is 41.7 Å². The molecule has 2 saturated heterocycles. The number of carbonyl (C=O) groups excluding carboxylic acids is 1. The number of nitrogens with zero attached hydrogens (tertiary/aromatic N) is 2. The predicted molar refractivity (Wildman–Crippen MR) is 89.2 cm³/mol. The second-order valence-corrected chi connectivity index (χ2v) is 6.77. The first-order valence-electron chi connectivity index (χ1n) is 8.96. The highest BCUT2D eigenvalue weighted by Crippen LogP contribution is 2.33. The van der Waals surface area contributed by atoms with Crippen molar-refractivity contribution < 1.29 is 14.3 Å². The molecule has 1 aliphatic carbocycles. The van der Waals surface area contributed by atoms with Crippen molar-refractivity contribution in [2.24, 2.45) is 0 Å². The molecule has 0 bridgehead atoms. The third kappa shape index (κ3) is 3.10. The van der Waals surface area contributed by atoms with Crippen molar-refractivity contribution in [2.45, 2.75) is 57.0 Å². The van der Waals surface area contributed by atoms with Crippen molar-refractivity contribution >= 4 is 5.91 Å². The van der Waals surface area contributed by atoms with Gasteiger partial charge in [0.1, 0.15) is 6.10 Å². The number of rotatable bonds is 4. The highest BCUT2D eigenvalue weighted by atomic mass is 16.5. The molecule has 3 aliphatic rings. The van der Waals surface area contributed by atoms with Crippen LogP contribution < -0.4 is 0 Å². The van der Waals surface area contributed by atoms with E-state index >= 15 is 0 Å². The first-order valence-corrected chi connectivity index (χ1v) is 8.96. The minimum absolute atomic E-state index is 0.00610. The summed E-state index contributed by atoms with van der Waals surface area (Å²) in [6.45, 7) is 1.96. The van der Waals surface area contributed by atoms with Crippen LogP contribution in [-0.4, -0.2) is 47.2 Å². The topological polar surface area (TPSA) is 51.7 Å². The first-order chi connectivity index (χ1) is 11.8. The van der Waals surface area contributed by atoms with Crippen molar-refractivity contribution in [1.29, 1.82) is 0 Å². The van der Waals surface area contributed by atoms with Crippen LogP contribution in [0.15, 0.2) is 36.0 Å². The van der Waals surface area contributed by atoms with Crippen LogP contribution in [0.25, 0.3) is 0 Å². The summed E-state index contributed by atoms with van der Waals surface area (Å²) in [5, 5.41) is 0. The van der Waals surface area contributed by atoms with Gasteiger partial charge in [-0.25, -0.2) is 0 Å². The Hall–Kier alpha value is -1.72. The van der Waals surface area contributed by atoms with Gasteiger partial charge >= 0.3 is 0 Å². The van der Waals surface area contributed by atoms with Crippen LogP contribution in [0.2, 0.25) is 0 Å². The van der Waals surface area contributed by atoms with Crippen LogP contribution in [0.3, 0.4) is 0 Å². The normalized spacial score (nSPS) is 29.4. The van der Waals surface area contributed by atoms with E-state index in [1.54, 1.807) is 6.20 Å². The van der Waals surface area contributed by atoms with Gasteiger partial charge in [0.05, 0.1) is 24.4 Å². The maximum atomic E-state index is 12.8. The molecule has 1 aromatic rings. The summed E-state index contributed by atoms with van der Waals surface area (Å²) in [4.78, 5) is 19.1. The van der Waals surface area contributed by atoms with Crippen LogP contribution in [0, 0.1) is 0 Å². The summed E-state index contributed by atoms with van der Waals surface area (Å²) in [5.74, 6) is 0.219. The third-order valence-corrected chi connectivity index (χ3v) is 5.27. The lowest BCUT2D eigenvalue weighted by Crippen LogP contribution is -2.55. The van der Waals surface area contributed by atoms with Gasteiger partial charge in [-0.15, -0.1) is 0 Å². The summed E-state index contributed by atoms with van der Waals surface area (Å²) in [6, 6.07) is 6.00. The smallest absolute Gasteiger partial charge is 0.249 e. The molecule has 5 heteroatoms. The Morgan fingerprint density at radius 3 is 3.12 bits per heavy atom. The number of amides is 1. The molecule has 2 fully saturated rings. The average molecular weight is 328 g/mol. The van der Waals surface area contributed by atoms with Gasteiger partial charge in [-0.3, -0.25) is 9.78 Å². The minimum atomic E-state index is -0.00610. The summed E-state index contributed by atoms with van der Waals surface area (Å²) < 4.78 is 12.0. The summed E-state index contributed by atoms with van der Waals surface area (Å²) in [5.41, 5.74) is 1.93. The van der Waals surface area contributed by atoms with Gasteiger partial charge < -0.3 is 14.4 Å². The molecule has 24 heavy (non-hydrogen) atoms. The first kappa shape index (κ1) is 15.8. The van der Waals surface area contributed by atoms with Gasteiger partial charge in [0, 0.05) is 24.9 Å². The number of fused-ring (bicyclic) bond motifs is 1. The fourth-order valence-electron chi connectivity index (χ4n) is 4.04. The van der Waals surface area contributed by atoms with E-state index in [4.69, 9.17) is 9.47 Å². The van der Waals surface area contributed by atoms with E-state index in [1.807, 2.05) is 23.1 Å². The molecular weight excluding hydrogens is 304 g/mol. The zero-order valence-corrected chi connectivity index (χ0v) is 13.9. The number of aromatic nitrogens is 1. The fraction of sp³-hybridized carbons (Fsp3) is 0.579. The average Bonchev–Trinajstić information content (AvgIpc) is 3.31. The summed E-state index contributed by atoms with van der Waals surface area (Å²) in [6.07, 6.45) is 8.73.